The van der Waals surface area contributed by atoms with Crippen molar-refractivity contribution < 1.29 is 14.8 Å². The number of benzene rings is 1. The molecule has 0 saturated carbocycles. The number of carboxylic acids is 1. The maximum Gasteiger partial charge on any atom is 0.358 e. The molecule has 0 spiro atoms. The van der Waals surface area contributed by atoms with Gasteiger partial charge in [-0.1, -0.05) is 28.1 Å². The number of rotatable bonds is 4. The summed E-state index contributed by atoms with van der Waals surface area (Å²) in [6.45, 7) is 1.73. The van der Waals surface area contributed by atoms with Crippen molar-refractivity contribution in [3.05, 3.63) is 44.2 Å². The molecule has 2 rings (SSSR count). The largest absolute Gasteiger partial charge is 0.476 e. The molecule has 0 aliphatic carbocycles. The Morgan fingerprint density at radius 2 is 2.25 bits per heavy atom. The zero-order valence-electron chi connectivity index (χ0n) is 10.3. The van der Waals surface area contributed by atoms with E-state index < -0.39 is 10.9 Å². The second-order valence-corrected chi connectivity index (χ2v) is 4.76. The van der Waals surface area contributed by atoms with Gasteiger partial charge in [0.15, 0.2) is 5.69 Å². The van der Waals surface area contributed by atoms with Crippen LogP contribution in [0.4, 0.5) is 5.69 Å². The molecular weight excluding hydrogens is 332 g/mol. The van der Waals surface area contributed by atoms with E-state index in [1.165, 1.54) is 16.8 Å². The van der Waals surface area contributed by atoms with Gasteiger partial charge in [0, 0.05) is 10.5 Å². The summed E-state index contributed by atoms with van der Waals surface area (Å²) in [4.78, 5) is 21.6. The highest BCUT2D eigenvalue weighted by Gasteiger charge is 2.23. The molecule has 9 heteroatoms. The molecule has 1 aromatic heterocycles. The molecule has 1 heterocycles. The minimum atomic E-state index is -1.21. The lowest BCUT2D eigenvalue weighted by Gasteiger charge is -2.06. The van der Waals surface area contributed by atoms with Crippen molar-refractivity contribution >= 4 is 27.6 Å². The second-order valence-electron chi connectivity index (χ2n) is 3.85. The summed E-state index contributed by atoms with van der Waals surface area (Å²) in [7, 11) is 0. The molecule has 0 radical (unpaired) electrons. The highest BCUT2D eigenvalue weighted by Crippen LogP contribution is 2.27. The number of halogens is 1. The van der Waals surface area contributed by atoms with Crippen molar-refractivity contribution in [3.8, 4) is 5.69 Å². The van der Waals surface area contributed by atoms with Crippen LogP contribution >= 0.6 is 15.9 Å². The van der Waals surface area contributed by atoms with E-state index in [9.17, 15) is 14.9 Å². The minimum Gasteiger partial charge on any atom is -0.476 e. The summed E-state index contributed by atoms with van der Waals surface area (Å²) in [5.74, 6) is -1.21. The third-order valence-corrected chi connectivity index (χ3v) is 3.16. The van der Waals surface area contributed by atoms with E-state index in [1.54, 1.807) is 13.0 Å². The Kier molecular flexibility index (Phi) is 3.79. The van der Waals surface area contributed by atoms with E-state index in [4.69, 9.17) is 5.11 Å². The highest BCUT2D eigenvalue weighted by molar-refractivity contribution is 9.10. The van der Waals surface area contributed by atoms with E-state index in [0.717, 1.165) is 0 Å². The molecule has 0 aliphatic rings. The van der Waals surface area contributed by atoms with Crippen molar-refractivity contribution in [3.63, 3.8) is 0 Å². The smallest absolute Gasteiger partial charge is 0.358 e. The Bertz CT molecular complexity index is 698. The van der Waals surface area contributed by atoms with Crippen molar-refractivity contribution in [1.29, 1.82) is 0 Å². The Labute approximate surface area is 121 Å². The number of nitrogens with zero attached hydrogens (tertiary/aromatic N) is 4. The monoisotopic (exact) mass is 340 g/mol. The van der Waals surface area contributed by atoms with Crippen molar-refractivity contribution in [2.45, 2.75) is 13.3 Å². The number of hydrogen-bond acceptors (Lipinski definition) is 5. The van der Waals surface area contributed by atoms with Crippen LogP contribution in [0.25, 0.3) is 5.69 Å². The van der Waals surface area contributed by atoms with E-state index in [-0.39, 0.29) is 17.1 Å². The fourth-order valence-corrected chi connectivity index (χ4v) is 2.15. The summed E-state index contributed by atoms with van der Waals surface area (Å²) < 4.78 is 1.73. The molecule has 0 saturated heterocycles. The molecule has 0 amide bonds. The second kappa shape index (κ2) is 5.37. The van der Waals surface area contributed by atoms with Crippen LogP contribution < -0.4 is 0 Å². The number of aromatic carboxylic acids is 1. The van der Waals surface area contributed by atoms with Gasteiger partial charge in [0.05, 0.1) is 10.6 Å². The molecule has 0 bridgehead atoms. The third-order valence-electron chi connectivity index (χ3n) is 2.66. The first-order chi connectivity index (χ1) is 9.45. The standard InChI is InChI=1S/C11H9BrN4O4/c1-2-7-10(11(17)18)13-14-15(7)8-4-3-6(12)5-9(8)16(19)20/h3-5H,2H2,1H3,(H,17,18). The first-order valence-corrected chi connectivity index (χ1v) is 6.37. The first-order valence-electron chi connectivity index (χ1n) is 5.57. The van der Waals surface area contributed by atoms with Gasteiger partial charge in [-0.3, -0.25) is 10.1 Å². The Morgan fingerprint density at radius 3 is 2.80 bits per heavy atom. The van der Waals surface area contributed by atoms with Crippen molar-refractivity contribution in [1.82, 2.24) is 15.0 Å². The number of nitro benzene ring substituents is 1. The van der Waals surface area contributed by atoms with E-state index in [0.29, 0.717) is 16.6 Å². The van der Waals surface area contributed by atoms with Gasteiger partial charge < -0.3 is 5.11 Å². The number of aromatic nitrogens is 3. The van der Waals surface area contributed by atoms with Gasteiger partial charge in [-0.2, -0.15) is 0 Å². The average Bonchev–Trinajstić information content (AvgIpc) is 2.82. The van der Waals surface area contributed by atoms with Gasteiger partial charge >= 0.3 is 5.97 Å². The van der Waals surface area contributed by atoms with Crippen molar-refractivity contribution in [2.75, 3.05) is 0 Å². The van der Waals surface area contributed by atoms with Crippen LogP contribution in [0.2, 0.25) is 0 Å². The Hall–Kier alpha value is -2.29. The predicted octanol–water partition coefficient (Wildman–Crippen LogP) is 2.20. The van der Waals surface area contributed by atoms with Gasteiger partial charge in [-0.05, 0) is 18.6 Å². The third kappa shape index (κ3) is 2.39. The van der Waals surface area contributed by atoms with Crippen LogP contribution in [-0.4, -0.2) is 31.0 Å². The predicted molar refractivity (Wildman–Crippen MR) is 72.1 cm³/mol. The summed E-state index contributed by atoms with van der Waals surface area (Å²) in [6, 6.07) is 4.43. The van der Waals surface area contributed by atoms with Crippen LogP contribution in [0.1, 0.15) is 23.1 Å². The molecular formula is C11H9BrN4O4. The fourth-order valence-electron chi connectivity index (χ4n) is 1.80. The molecule has 0 aliphatic heterocycles. The number of hydrogen-bond donors (Lipinski definition) is 1. The van der Waals surface area contributed by atoms with E-state index in [2.05, 4.69) is 26.2 Å². The van der Waals surface area contributed by atoms with Crippen LogP contribution in [-0.2, 0) is 6.42 Å². The van der Waals surface area contributed by atoms with Gasteiger partial charge in [0.2, 0.25) is 0 Å². The summed E-state index contributed by atoms with van der Waals surface area (Å²) in [6.07, 6.45) is 0.335. The summed E-state index contributed by atoms with van der Waals surface area (Å²) in [5.41, 5.74) is 0.0959. The summed E-state index contributed by atoms with van der Waals surface area (Å²) >= 11 is 3.16. The van der Waals surface area contributed by atoms with Crippen molar-refractivity contribution in [2.24, 2.45) is 0 Å². The highest BCUT2D eigenvalue weighted by atomic mass is 79.9. The van der Waals surface area contributed by atoms with Crippen LogP contribution in [0.5, 0.6) is 0 Å². The quantitative estimate of drug-likeness (QED) is 0.674. The number of carbonyl (C=O) groups is 1. The zero-order chi connectivity index (χ0) is 14.9. The first kappa shape index (κ1) is 14.1. The Morgan fingerprint density at radius 1 is 1.55 bits per heavy atom. The minimum absolute atomic E-state index is 0.176. The number of nitro groups is 1. The molecule has 104 valence electrons. The lowest BCUT2D eigenvalue weighted by atomic mass is 10.2. The van der Waals surface area contributed by atoms with Crippen LogP contribution in [0.15, 0.2) is 22.7 Å². The molecule has 0 fully saturated rings. The topological polar surface area (TPSA) is 111 Å². The van der Waals surface area contributed by atoms with Gasteiger partial charge in [-0.25, -0.2) is 9.48 Å². The normalized spacial score (nSPS) is 10.5. The molecule has 20 heavy (non-hydrogen) atoms. The van der Waals surface area contributed by atoms with Crippen LogP contribution in [0.3, 0.4) is 0 Å². The molecule has 1 aromatic carbocycles. The zero-order valence-corrected chi connectivity index (χ0v) is 11.9. The Balaban J connectivity index is 2.69. The maximum absolute atomic E-state index is 11.1. The SMILES string of the molecule is CCc1c(C(=O)O)nnn1-c1ccc(Br)cc1[N+](=O)[O-]. The molecule has 8 nitrogen and oxygen atoms in total. The number of carboxylic acid groups (broad SMARTS) is 1. The van der Waals surface area contributed by atoms with E-state index in [1.807, 2.05) is 0 Å². The lowest BCUT2D eigenvalue weighted by molar-refractivity contribution is -0.384. The fraction of sp³-hybridized carbons (Fsp3) is 0.182. The molecule has 1 N–H and O–H groups in total. The lowest BCUT2D eigenvalue weighted by Crippen LogP contribution is -2.07. The van der Waals surface area contributed by atoms with Crippen LogP contribution in [0, 0.1) is 10.1 Å². The average molecular weight is 341 g/mol. The molecule has 0 unspecified atom stereocenters. The maximum atomic E-state index is 11.1. The molecule has 2 aromatic rings. The summed E-state index contributed by atoms with van der Waals surface area (Å²) in [5, 5.41) is 27.4. The molecule has 0 atom stereocenters. The van der Waals surface area contributed by atoms with Gasteiger partial charge in [0.25, 0.3) is 5.69 Å². The van der Waals surface area contributed by atoms with Gasteiger partial charge in [-0.15, -0.1) is 5.10 Å². The van der Waals surface area contributed by atoms with E-state index >= 15 is 0 Å². The van der Waals surface area contributed by atoms with Gasteiger partial charge in [0.1, 0.15) is 5.69 Å².